The van der Waals surface area contributed by atoms with Crippen molar-refractivity contribution in [1.82, 2.24) is 14.5 Å². The highest BCUT2D eigenvalue weighted by Crippen LogP contribution is 2.26. The van der Waals surface area contributed by atoms with E-state index in [4.69, 9.17) is 5.73 Å². The van der Waals surface area contributed by atoms with Crippen LogP contribution in [0.15, 0.2) is 46.9 Å². The van der Waals surface area contributed by atoms with Crippen molar-refractivity contribution in [3.63, 3.8) is 0 Å². The van der Waals surface area contributed by atoms with Crippen LogP contribution in [-0.2, 0) is 13.0 Å². The third-order valence-electron chi connectivity index (χ3n) is 3.07. The zero-order valence-corrected chi connectivity index (χ0v) is 13.1. The van der Waals surface area contributed by atoms with Crippen LogP contribution in [0, 0.1) is 0 Å². The maximum absolute atomic E-state index is 6.01. The van der Waals surface area contributed by atoms with Crippen molar-refractivity contribution in [2.45, 2.75) is 13.0 Å². The SMILES string of the molecule is Nc1ccncc1-c1cncn1CCc1ccc(Br)s1. The first-order valence-corrected chi connectivity index (χ1v) is 7.79. The van der Waals surface area contributed by atoms with Gasteiger partial charge in [0.05, 0.1) is 22.0 Å². The topological polar surface area (TPSA) is 56.7 Å². The highest BCUT2D eigenvalue weighted by Gasteiger charge is 2.09. The zero-order chi connectivity index (χ0) is 13.9. The van der Waals surface area contributed by atoms with Crippen molar-refractivity contribution >= 4 is 33.0 Å². The molecule has 0 fully saturated rings. The Labute approximate surface area is 129 Å². The maximum Gasteiger partial charge on any atom is 0.0951 e. The minimum atomic E-state index is 0.723. The molecule has 0 bridgehead atoms. The van der Waals surface area contributed by atoms with Crippen molar-refractivity contribution in [1.29, 1.82) is 0 Å². The summed E-state index contributed by atoms with van der Waals surface area (Å²) in [4.78, 5) is 9.71. The van der Waals surface area contributed by atoms with E-state index >= 15 is 0 Å². The summed E-state index contributed by atoms with van der Waals surface area (Å²) in [6, 6.07) is 6.03. The standard InChI is InChI=1S/C14H13BrN4S/c15-14-2-1-10(20-14)4-6-19-9-18-8-13(19)11-7-17-5-3-12(11)16/h1-3,5,7-9H,4,6H2,(H2,16,17). The molecule has 3 aromatic rings. The van der Waals surface area contributed by atoms with E-state index in [1.165, 1.54) is 4.88 Å². The van der Waals surface area contributed by atoms with Gasteiger partial charge in [-0.15, -0.1) is 11.3 Å². The van der Waals surface area contributed by atoms with Crippen molar-refractivity contribution in [2.75, 3.05) is 5.73 Å². The molecule has 3 rings (SSSR count). The number of imidazole rings is 1. The van der Waals surface area contributed by atoms with Crippen LogP contribution in [0.2, 0.25) is 0 Å². The van der Waals surface area contributed by atoms with Crippen LogP contribution in [0.1, 0.15) is 4.88 Å². The fraction of sp³-hybridized carbons (Fsp3) is 0.143. The number of nitrogens with two attached hydrogens (primary N) is 1. The molecule has 20 heavy (non-hydrogen) atoms. The van der Waals surface area contributed by atoms with Crippen LogP contribution in [0.4, 0.5) is 5.69 Å². The molecule has 0 aliphatic rings. The van der Waals surface area contributed by atoms with Crippen LogP contribution in [0.5, 0.6) is 0 Å². The number of nitrogens with zero attached hydrogens (tertiary/aromatic N) is 3. The lowest BCUT2D eigenvalue weighted by Gasteiger charge is -2.09. The van der Waals surface area contributed by atoms with E-state index in [0.29, 0.717) is 0 Å². The number of nitrogen functional groups attached to an aromatic ring is 1. The van der Waals surface area contributed by atoms with Crippen LogP contribution in [0.25, 0.3) is 11.3 Å². The van der Waals surface area contributed by atoms with Gasteiger partial charge in [-0.2, -0.15) is 0 Å². The molecule has 0 radical (unpaired) electrons. The number of hydrogen-bond acceptors (Lipinski definition) is 4. The molecule has 0 spiro atoms. The van der Waals surface area contributed by atoms with Gasteiger partial charge in [0.15, 0.2) is 0 Å². The van der Waals surface area contributed by atoms with Gasteiger partial charge < -0.3 is 10.3 Å². The van der Waals surface area contributed by atoms with Crippen LogP contribution in [-0.4, -0.2) is 14.5 Å². The number of aryl methyl sites for hydroxylation is 2. The summed E-state index contributed by atoms with van der Waals surface area (Å²) in [5.41, 5.74) is 8.66. The van der Waals surface area contributed by atoms with Crippen molar-refractivity contribution in [3.05, 3.63) is 51.8 Å². The molecule has 2 N–H and O–H groups in total. The second-order valence-corrected chi connectivity index (χ2v) is 6.94. The lowest BCUT2D eigenvalue weighted by Crippen LogP contribution is -2.02. The Morgan fingerprint density at radius 3 is 2.85 bits per heavy atom. The van der Waals surface area contributed by atoms with Crippen LogP contribution >= 0.6 is 27.3 Å². The van der Waals surface area contributed by atoms with Gasteiger partial charge in [-0.25, -0.2) is 4.98 Å². The predicted octanol–water partition coefficient (Wildman–Crippen LogP) is 3.59. The number of pyridine rings is 1. The maximum atomic E-state index is 6.01. The average molecular weight is 349 g/mol. The summed E-state index contributed by atoms with van der Waals surface area (Å²) in [5, 5.41) is 0. The summed E-state index contributed by atoms with van der Waals surface area (Å²) in [7, 11) is 0. The van der Waals surface area contributed by atoms with E-state index in [-0.39, 0.29) is 0 Å². The summed E-state index contributed by atoms with van der Waals surface area (Å²) in [5.74, 6) is 0. The summed E-state index contributed by atoms with van der Waals surface area (Å²) in [6.07, 6.45) is 8.12. The molecular weight excluding hydrogens is 336 g/mol. The number of rotatable bonds is 4. The number of anilines is 1. The van der Waals surface area contributed by atoms with Crippen LogP contribution in [0.3, 0.4) is 0 Å². The predicted molar refractivity (Wildman–Crippen MR) is 85.6 cm³/mol. The third kappa shape index (κ3) is 2.76. The molecule has 3 aromatic heterocycles. The molecule has 0 saturated heterocycles. The molecular formula is C14H13BrN4S. The van der Waals surface area contributed by atoms with Gasteiger partial charge >= 0.3 is 0 Å². The molecule has 0 unspecified atom stereocenters. The smallest absolute Gasteiger partial charge is 0.0951 e. The Morgan fingerprint density at radius 2 is 2.10 bits per heavy atom. The Bertz CT molecular complexity index is 719. The van der Waals surface area contributed by atoms with Crippen LogP contribution < -0.4 is 5.73 Å². The fourth-order valence-corrected chi connectivity index (χ4v) is 3.53. The van der Waals surface area contributed by atoms with Gasteiger partial charge in [-0.3, -0.25) is 4.98 Å². The van der Waals surface area contributed by atoms with E-state index in [1.807, 2.05) is 18.6 Å². The van der Waals surface area contributed by atoms with E-state index in [2.05, 4.69) is 42.6 Å². The van der Waals surface area contributed by atoms with Gasteiger partial charge in [-0.1, -0.05) is 0 Å². The van der Waals surface area contributed by atoms with Crippen molar-refractivity contribution in [3.8, 4) is 11.3 Å². The monoisotopic (exact) mass is 348 g/mol. The lowest BCUT2D eigenvalue weighted by molar-refractivity contribution is 0.707. The molecule has 0 amide bonds. The van der Waals surface area contributed by atoms with E-state index in [0.717, 1.165) is 33.7 Å². The Hall–Kier alpha value is -1.66. The summed E-state index contributed by atoms with van der Waals surface area (Å²) >= 11 is 5.25. The Kier molecular flexibility index (Phi) is 3.84. The Morgan fingerprint density at radius 1 is 1.20 bits per heavy atom. The lowest BCUT2D eigenvalue weighted by atomic mass is 10.2. The van der Waals surface area contributed by atoms with Crippen molar-refractivity contribution < 1.29 is 0 Å². The molecule has 4 nitrogen and oxygen atoms in total. The van der Waals surface area contributed by atoms with Gasteiger partial charge in [0.2, 0.25) is 0 Å². The summed E-state index contributed by atoms with van der Waals surface area (Å²) in [6.45, 7) is 0.872. The highest BCUT2D eigenvalue weighted by molar-refractivity contribution is 9.11. The molecule has 0 aliphatic carbocycles. The largest absolute Gasteiger partial charge is 0.398 e. The second-order valence-electron chi connectivity index (χ2n) is 4.39. The highest BCUT2D eigenvalue weighted by atomic mass is 79.9. The molecule has 3 heterocycles. The Balaban J connectivity index is 1.82. The summed E-state index contributed by atoms with van der Waals surface area (Å²) < 4.78 is 3.27. The third-order valence-corrected chi connectivity index (χ3v) is 4.75. The number of thiophene rings is 1. The van der Waals surface area contributed by atoms with Gasteiger partial charge in [0.25, 0.3) is 0 Å². The van der Waals surface area contributed by atoms with Gasteiger partial charge in [-0.05, 0) is 40.5 Å². The fourth-order valence-electron chi connectivity index (χ4n) is 2.06. The minimum absolute atomic E-state index is 0.723. The average Bonchev–Trinajstić information content (AvgIpc) is 3.06. The minimum Gasteiger partial charge on any atom is -0.398 e. The molecule has 0 saturated carbocycles. The number of hydrogen-bond donors (Lipinski definition) is 1. The molecule has 102 valence electrons. The number of aromatic nitrogens is 3. The van der Waals surface area contributed by atoms with E-state index < -0.39 is 0 Å². The molecule has 0 aliphatic heterocycles. The number of halogens is 1. The first kappa shape index (κ1) is 13.3. The first-order chi connectivity index (χ1) is 9.74. The molecule has 0 atom stereocenters. The van der Waals surface area contributed by atoms with Gasteiger partial charge in [0, 0.05) is 35.1 Å². The molecule has 6 heteroatoms. The van der Waals surface area contributed by atoms with E-state index in [1.54, 1.807) is 23.7 Å². The van der Waals surface area contributed by atoms with Crippen molar-refractivity contribution in [2.24, 2.45) is 0 Å². The normalized spacial score (nSPS) is 10.8. The van der Waals surface area contributed by atoms with E-state index in [9.17, 15) is 0 Å². The first-order valence-electron chi connectivity index (χ1n) is 6.18. The zero-order valence-electron chi connectivity index (χ0n) is 10.7. The van der Waals surface area contributed by atoms with Gasteiger partial charge in [0.1, 0.15) is 0 Å². The second kappa shape index (κ2) is 5.76. The molecule has 0 aromatic carbocycles. The quantitative estimate of drug-likeness (QED) is 0.783.